The molecule has 0 aromatic carbocycles. The van der Waals surface area contributed by atoms with Crippen LogP contribution in [0.15, 0.2) is 23.3 Å². The van der Waals surface area contributed by atoms with Gasteiger partial charge in [0.15, 0.2) is 0 Å². The van der Waals surface area contributed by atoms with Crippen LogP contribution >= 0.6 is 11.6 Å². The molecule has 6 nitrogen and oxygen atoms in total. The Bertz CT molecular complexity index is 432. The van der Waals surface area contributed by atoms with E-state index in [0.717, 1.165) is 6.42 Å². The van der Waals surface area contributed by atoms with Crippen molar-refractivity contribution in [1.29, 1.82) is 0 Å². The van der Waals surface area contributed by atoms with Gasteiger partial charge < -0.3 is 4.74 Å². The van der Waals surface area contributed by atoms with E-state index in [-0.39, 0.29) is 5.91 Å². The number of amides is 1. The van der Waals surface area contributed by atoms with Gasteiger partial charge in [-0.25, -0.2) is 9.98 Å². The van der Waals surface area contributed by atoms with E-state index in [0.29, 0.717) is 29.9 Å². The van der Waals surface area contributed by atoms with Crippen LogP contribution < -0.4 is 10.9 Å². The van der Waals surface area contributed by atoms with Gasteiger partial charge in [-0.15, -0.1) is 0 Å². The van der Waals surface area contributed by atoms with E-state index in [1.165, 1.54) is 6.20 Å². The van der Waals surface area contributed by atoms with Crippen molar-refractivity contribution in [3.8, 4) is 0 Å². The Morgan fingerprint density at radius 2 is 2.35 bits per heavy atom. The third-order valence-corrected chi connectivity index (χ3v) is 2.29. The number of halogens is 1. The summed E-state index contributed by atoms with van der Waals surface area (Å²) in [5.41, 5.74) is 5.46. The molecule has 0 aliphatic carbocycles. The van der Waals surface area contributed by atoms with Gasteiger partial charge in [-0.1, -0.05) is 11.6 Å². The molecule has 2 N–H and O–H groups in total. The molecule has 17 heavy (non-hydrogen) atoms. The first-order chi connectivity index (χ1) is 8.25. The van der Waals surface area contributed by atoms with Gasteiger partial charge in [0.2, 0.25) is 0 Å². The Balaban J connectivity index is 1.88. The Hall–Kier alpha value is -1.82. The van der Waals surface area contributed by atoms with Crippen LogP contribution in [0.5, 0.6) is 0 Å². The van der Waals surface area contributed by atoms with Crippen LogP contribution in [0.4, 0.5) is 0 Å². The summed E-state index contributed by atoms with van der Waals surface area (Å²) in [6, 6.07) is 3.45. The second-order valence-corrected chi connectivity index (χ2v) is 3.72. The average molecular weight is 255 g/mol. The predicted octanol–water partition coefficient (Wildman–Crippen LogP) is 0.746. The molecular weight excluding hydrogens is 244 g/mol. The number of aromatic nitrogens is 1. The molecule has 1 aliphatic heterocycles. The number of hydrazine groups is 1. The van der Waals surface area contributed by atoms with Gasteiger partial charge in [-0.05, 0) is 12.1 Å². The van der Waals surface area contributed by atoms with Crippen LogP contribution in [0.3, 0.4) is 0 Å². The number of carbonyl (C=O) groups excluding carboxylic acids is 1. The van der Waals surface area contributed by atoms with Gasteiger partial charge in [0, 0.05) is 19.2 Å². The van der Waals surface area contributed by atoms with E-state index in [4.69, 9.17) is 16.3 Å². The van der Waals surface area contributed by atoms with E-state index >= 15 is 0 Å². The number of pyridine rings is 1. The zero-order chi connectivity index (χ0) is 12.1. The normalized spacial score (nSPS) is 14.5. The second-order valence-electron chi connectivity index (χ2n) is 3.34. The lowest BCUT2D eigenvalue weighted by molar-refractivity contribution is 0.0936. The van der Waals surface area contributed by atoms with Crippen molar-refractivity contribution in [3.05, 3.63) is 29.0 Å². The van der Waals surface area contributed by atoms with Crippen molar-refractivity contribution in [2.24, 2.45) is 4.99 Å². The van der Waals surface area contributed by atoms with E-state index in [1.807, 2.05) is 0 Å². The van der Waals surface area contributed by atoms with Gasteiger partial charge in [-0.3, -0.25) is 15.6 Å². The molecule has 1 aromatic heterocycles. The lowest BCUT2D eigenvalue weighted by Crippen LogP contribution is -2.43. The quantitative estimate of drug-likeness (QED) is 0.573. The molecule has 90 valence electrons. The highest BCUT2D eigenvalue weighted by atomic mass is 35.5. The lowest BCUT2D eigenvalue weighted by Gasteiger charge is -2.15. The number of nitrogens with one attached hydrogen (secondary N) is 2. The first-order valence-corrected chi connectivity index (χ1v) is 5.48. The van der Waals surface area contributed by atoms with Crippen molar-refractivity contribution >= 4 is 23.5 Å². The van der Waals surface area contributed by atoms with Crippen molar-refractivity contribution in [2.75, 3.05) is 13.2 Å². The van der Waals surface area contributed by atoms with Crippen LogP contribution in [0.25, 0.3) is 0 Å². The summed E-state index contributed by atoms with van der Waals surface area (Å²) in [7, 11) is 0. The number of hydrogen-bond donors (Lipinski definition) is 2. The number of rotatable bonds is 1. The maximum absolute atomic E-state index is 11.6. The fraction of sp³-hybridized carbons (Fsp3) is 0.300. The average Bonchev–Trinajstić information content (AvgIpc) is 2.38. The highest BCUT2D eigenvalue weighted by Crippen LogP contribution is 2.04. The minimum atomic E-state index is -0.328. The lowest BCUT2D eigenvalue weighted by atomic mass is 10.3. The Labute approximate surface area is 103 Å². The minimum absolute atomic E-state index is 0.325. The van der Waals surface area contributed by atoms with Crippen LogP contribution in [-0.4, -0.2) is 30.1 Å². The number of ether oxygens (including phenoxy) is 1. The molecule has 0 saturated carbocycles. The van der Waals surface area contributed by atoms with E-state index in [2.05, 4.69) is 20.8 Å². The molecule has 0 radical (unpaired) electrons. The van der Waals surface area contributed by atoms with Gasteiger partial charge in [0.1, 0.15) is 5.15 Å². The molecule has 1 aliphatic rings. The SMILES string of the molecule is O=C(NNC1=NCCCO1)c1ccc(Cl)nc1. The highest BCUT2D eigenvalue weighted by molar-refractivity contribution is 6.29. The van der Waals surface area contributed by atoms with Gasteiger partial charge >= 0.3 is 6.02 Å². The molecule has 1 aromatic rings. The highest BCUT2D eigenvalue weighted by Gasteiger charge is 2.09. The summed E-state index contributed by atoms with van der Waals surface area (Å²) >= 11 is 5.62. The number of hydrogen-bond acceptors (Lipinski definition) is 5. The molecule has 0 saturated heterocycles. The van der Waals surface area contributed by atoms with E-state index < -0.39 is 0 Å². The van der Waals surface area contributed by atoms with Crippen molar-refractivity contribution in [2.45, 2.75) is 6.42 Å². The summed E-state index contributed by atoms with van der Waals surface area (Å²) in [6.07, 6.45) is 2.28. The summed E-state index contributed by atoms with van der Waals surface area (Å²) in [4.78, 5) is 19.5. The maximum atomic E-state index is 11.6. The van der Waals surface area contributed by atoms with Gasteiger partial charge in [0.25, 0.3) is 5.91 Å². The summed E-state index contributed by atoms with van der Waals surface area (Å²) in [6.45, 7) is 1.30. The molecule has 7 heteroatoms. The number of aliphatic imine (C=N–C) groups is 1. The number of amidine groups is 1. The van der Waals surface area contributed by atoms with Crippen molar-refractivity contribution in [3.63, 3.8) is 0 Å². The Morgan fingerprint density at radius 1 is 1.47 bits per heavy atom. The first kappa shape index (κ1) is 11.7. The Morgan fingerprint density at radius 3 is 3.00 bits per heavy atom. The molecule has 2 rings (SSSR count). The molecule has 0 unspecified atom stereocenters. The third-order valence-electron chi connectivity index (χ3n) is 2.07. The largest absolute Gasteiger partial charge is 0.464 e. The van der Waals surface area contributed by atoms with Crippen LogP contribution in [0, 0.1) is 0 Å². The molecule has 0 atom stereocenters. The van der Waals surface area contributed by atoms with Gasteiger partial charge in [0.05, 0.1) is 12.2 Å². The Kier molecular flexibility index (Phi) is 3.77. The molecule has 0 spiro atoms. The van der Waals surface area contributed by atoms with Crippen LogP contribution in [0.2, 0.25) is 5.15 Å². The third kappa shape index (κ3) is 3.32. The van der Waals surface area contributed by atoms with Crippen molar-refractivity contribution in [1.82, 2.24) is 15.8 Å². The topological polar surface area (TPSA) is 75.6 Å². The smallest absolute Gasteiger partial charge is 0.303 e. The monoisotopic (exact) mass is 254 g/mol. The molecule has 2 heterocycles. The zero-order valence-corrected chi connectivity index (χ0v) is 9.70. The van der Waals surface area contributed by atoms with E-state index in [1.54, 1.807) is 12.1 Å². The number of nitrogens with zero attached hydrogens (tertiary/aromatic N) is 2. The molecule has 0 fully saturated rings. The summed E-state index contributed by atoms with van der Waals surface area (Å²) in [5, 5.41) is 0.342. The summed E-state index contributed by atoms with van der Waals surface area (Å²) < 4.78 is 5.17. The van der Waals surface area contributed by atoms with Crippen LogP contribution in [-0.2, 0) is 4.74 Å². The minimum Gasteiger partial charge on any atom is -0.464 e. The fourth-order valence-electron chi connectivity index (χ4n) is 1.23. The fourth-order valence-corrected chi connectivity index (χ4v) is 1.34. The van der Waals surface area contributed by atoms with Crippen molar-refractivity contribution < 1.29 is 9.53 Å². The van der Waals surface area contributed by atoms with E-state index in [9.17, 15) is 4.79 Å². The zero-order valence-electron chi connectivity index (χ0n) is 8.94. The predicted molar refractivity (Wildman–Crippen MR) is 62.7 cm³/mol. The maximum Gasteiger partial charge on any atom is 0.303 e. The standard InChI is InChI=1S/C10H11ClN4O2/c11-8-3-2-7(6-13-8)9(16)14-15-10-12-4-1-5-17-10/h2-3,6H,1,4-5H2,(H,12,15)(H,14,16). The second kappa shape index (κ2) is 5.49. The first-order valence-electron chi connectivity index (χ1n) is 5.11. The summed E-state index contributed by atoms with van der Waals surface area (Å²) in [5.74, 6) is -0.328. The molecular formula is C10H11ClN4O2. The van der Waals surface area contributed by atoms with Crippen LogP contribution in [0.1, 0.15) is 16.8 Å². The van der Waals surface area contributed by atoms with Gasteiger partial charge in [-0.2, -0.15) is 0 Å². The molecule has 0 bridgehead atoms. The molecule has 1 amide bonds. The number of carbonyl (C=O) groups is 1.